The van der Waals surface area contributed by atoms with Crippen molar-refractivity contribution < 1.29 is 13.2 Å². The third-order valence-electron chi connectivity index (χ3n) is 3.44. The van der Waals surface area contributed by atoms with Gasteiger partial charge >= 0.3 is 6.18 Å². The molecule has 2 aromatic carbocycles. The molecule has 0 bridgehead atoms. The van der Waals surface area contributed by atoms with Gasteiger partial charge in [-0.3, -0.25) is 5.10 Å². The summed E-state index contributed by atoms with van der Waals surface area (Å²) in [5.74, 6) is 0. The number of rotatable bonds is 2. The second-order valence-electron chi connectivity index (χ2n) is 5.05. The molecule has 3 rings (SSSR count). The van der Waals surface area contributed by atoms with Gasteiger partial charge in [-0.05, 0) is 6.92 Å². The van der Waals surface area contributed by atoms with Crippen LogP contribution in [-0.4, -0.2) is 10.2 Å². The van der Waals surface area contributed by atoms with Crippen LogP contribution in [-0.2, 0) is 6.18 Å². The van der Waals surface area contributed by atoms with Gasteiger partial charge in [-0.2, -0.15) is 18.3 Å². The molecule has 5 heteroatoms. The molecule has 0 spiro atoms. The minimum Gasteiger partial charge on any atom is -0.277 e. The molecular weight excluding hydrogens is 289 g/mol. The van der Waals surface area contributed by atoms with Crippen LogP contribution in [0.4, 0.5) is 13.2 Å². The predicted octanol–water partition coefficient (Wildman–Crippen LogP) is 5.07. The molecule has 0 unspecified atom stereocenters. The Morgan fingerprint density at radius 2 is 1.50 bits per heavy atom. The summed E-state index contributed by atoms with van der Waals surface area (Å²) in [7, 11) is 0. The molecule has 1 aromatic heterocycles. The Morgan fingerprint density at radius 3 is 2.09 bits per heavy atom. The van der Waals surface area contributed by atoms with Crippen molar-refractivity contribution in [3.05, 3.63) is 65.7 Å². The summed E-state index contributed by atoms with van der Waals surface area (Å²) >= 11 is 0. The number of alkyl halides is 3. The summed E-state index contributed by atoms with van der Waals surface area (Å²) in [6.07, 6.45) is -4.49. The SMILES string of the molecule is Cc1ccc(-c2n[nH]c(-c3ccccc3)c2C(F)(F)F)cc1. The van der Waals surface area contributed by atoms with Crippen LogP contribution in [0.2, 0.25) is 0 Å². The fourth-order valence-electron chi connectivity index (χ4n) is 2.35. The van der Waals surface area contributed by atoms with E-state index >= 15 is 0 Å². The molecule has 22 heavy (non-hydrogen) atoms. The van der Waals surface area contributed by atoms with Crippen molar-refractivity contribution in [2.75, 3.05) is 0 Å². The number of halogens is 3. The summed E-state index contributed by atoms with van der Waals surface area (Å²) in [4.78, 5) is 0. The molecule has 112 valence electrons. The first-order chi connectivity index (χ1) is 10.5. The lowest BCUT2D eigenvalue weighted by Gasteiger charge is -2.10. The van der Waals surface area contributed by atoms with Crippen LogP contribution in [0.15, 0.2) is 54.6 Å². The maximum Gasteiger partial charge on any atom is 0.420 e. The van der Waals surface area contributed by atoms with Crippen LogP contribution in [0.25, 0.3) is 22.5 Å². The Morgan fingerprint density at radius 1 is 0.864 bits per heavy atom. The highest BCUT2D eigenvalue weighted by Crippen LogP contribution is 2.41. The van der Waals surface area contributed by atoms with E-state index in [2.05, 4.69) is 10.2 Å². The number of hydrogen-bond acceptors (Lipinski definition) is 1. The topological polar surface area (TPSA) is 28.7 Å². The zero-order valence-corrected chi connectivity index (χ0v) is 11.8. The van der Waals surface area contributed by atoms with E-state index in [0.717, 1.165) is 5.56 Å². The van der Waals surface area contributed by atoms with Gasteiger partial charge in [0, 0.05) is 11.1 Å². The van der Waals surface area contributed by atoms with Crippen molar-refractivity contribution in [3.63, 3.8) is 0 Å². The largest absolute Gasteiger partial charge is 0.420 e. The molecule has 0 fully saturated rings. The fraction of sp³-hybridized carbons (Fsp3) is 0.118. The van der Waals surface area contributed by atoms with Crippen molar-refractivity contribution >= 4 is 0 Å². The standard InChI is InChI=1S/C17H13F3N2/c1-11-7-9-13(10-8-11)16-14(17(18,19)20)15(21-22-16)12-5-3-2-4-6-12/h2-10H,1H3,(H,21,22). The number of nitrogens with zero attached hydrogens (tertiary/aromatic N) is 1. The van der Waals surface area contributed by atoms with Gasteiger partial charge in [-0.1, -0.05) is 60.2 Å². The van der Waals surface area contributed by atoms with Gasteiger partial charge in [0.1, 0.15) is 11.3 Å². The van der Waals surface area contributed by atoms with Gasteiger partial charge in [-0.25, -0.2) is 0 Å². The summed E-state index contributed by atoms with van der Waals surface area (Å²) in [5.41, 5.74) is 1.06. The average Bonchev–Trinajstić information content (AvgIpc) is 2.94. The third kappa shape index (κ3) is 2.62. The molecule has 0 radical (unpaired) electrons. The first kappa shape index (κ1) is 14.4. The molecule has 0 saturated carbocycles. The van der Waals surface area contributed by atoms with E-state index in [9.17, 15) is 13.2 Å². The Labute approximate surface area is 125 Å². The van der Waals surface area contributed by atoms with E-state index in [1.54, 1.807) is 54.6 Å². The summed E-state index contributed by atoms with van der Waals surface area (Å²) in [6, 6.07) is 15.2. The Bertz CT molecular complexity index is 772. The smallest absolute Gasteiger partial charge is 0.277 e. The molecule has 0 aliphatic heterocycles. The summed E-state index contributed by atoms with van der Waals surface area (Å²) < 4.78 is 40.6. The van der Waals surface area contributed by atoms with Crippen LogP contribution < -0.4 is 0 Å². The lowest BCUT2D eigenvalue weighted by molar-refractivity contribution is -0.136. The van der Waals surface area contributed by atoms with Crippen molar-refractivity contribution in [3.8, 4) is 22.5 Å². The van der Waals surface area contributed by atoms with Crippen LogP contribution >= 0.6 is 0 Å². The van der Waals surface area contributed by atoms with Crippen LogP contribution in [0.1, 0.15) is 11.1 Å². The molecule has 1 heterocycles. The van der Waals surface area contributed by atoms with E-state index in [1.165, 1.54) is 0 Å². The van der Waals surface area contributed by atoms with Crippen LogP contribution in [0.5, 0.6) is 0 Å². The Balaban J connectivity index is 2.20. The maximum atomic E-state index is 13.5. The molecule has 2 nitrogen and oxygen atoms in total. The average molecular weight is 302 g/mol. The van der Waals surface area contributed by atoms with Gasteiger partial charge < -0.3 is 0 Å². The number of nitrogens with one attached hydrogen (secondary N) is 1. The predicted molar refractivity (Wildman–Crippen MR) is 79.2 cm³/mol. The number of aromatic amines is 1. The Hall–Kier alpha value is -2.56. The van der Waals surface area contributed by atoms with Crippen LogP contribution in [0, 0.1) is 6.92 Å². The first-order valence-corrected chi connectivity index (χ1v) is 6.75. The molecule has 1 N–H and O–H groups in total. The van der Waals surface area contributed by atoms with Crippen molar-refractivity contribution in [2.24, 2.45) is 0 Å². The van der Waals surface area contributed by atoms with Crippen molar-refractivity contribution in [2.45, 2.75) is 13.1 Å². The molecule has 0 amide bonds. The minimum absolute atomic E-state index is 0.0105. The second-order valence-corrected chi connectivity index (χ2v) is 5.05. The van der Waals surface area contributed by atoms with Crippen molar-refractivity contribution in [1.29, 1.82) is 0 Å². The van der Waals surface area contributed by atoms with Gasteiger partial charge in [-0.15, -0.1) is 0 Å². The molecule has 0 aliphatic carbocycles. The summed E-state index contributed by atoms with van der Waals surface area (Å²) in [6.45, 7) is 1.88. The van der Waals surface area contributed by atoms with E-state index < -0.39 is 11.7 Å². The lowest BCUT2D eigenvalue weighted by atomic mass is 10.0. The third-order valence-corrected chi connectivity index (χ3v) is 3.44. The van der Waals surface area contributed by atoms with E-state index in [1.807, 2.05) is 6.92 Å². The number of aryl methyl sites for hydroxylation is 1. The highest BCUT2D eigenvalue weighted by atomic mass is 19.4. The number of H-pyrrole nitrogens is 1. The number of benzene rings is 2. The fourth-order valence-corrected chi connectivity index (χ4v) is 2.35. The molecule has 0 saturated heterocycles. The highest BCUT2D eigenvalue weighted by molar-refractivity contribution is 5.75. The first-order valence-electron chi connectivity index (χ1n) is 6.75. The minimum atomic E-state index is -4.49. The van der Waals surface area contributed by atoms with Gasteiger partial charge in [0.15, 0.2) is 0 Å². The summed E-state index contributed by atoms with van der Waals surface area (Å²) in [5, 5.41) is 6.45. The zero-order chi connectivity index (χ0) is 15.7. The van der Waals surface area contributed by atoms with E-state index in [0.29, 0.717) is 11.1 Å². The van der Waals surface area contributed by atoms with Gasteiger partial charge in [0.25, 0.3) is 0 Å². The number of hydrogen-bond donors (Lipinski definition) is 1. The molecular formula is C17H13F3N2. The monoisotopic (exact) mass is 302 g/mol. The maximum absolute atomic E-state index is 13.5. The highest BCUT2D eigenvalue weighted by Gasteiger charge is 2.39. The Kier molecular flexibility index (Phi) is 3.48. The molecule has 0 aliphatic rings. The second kappa shape index (κ2) is 5.33. The zero-order valence-electron chi connectivity index (χ0n) is 11.8. The van der Waals surface area contributed by atoms with E-state index in [4.69, 9.17) is 0 Å². The molecule has 0 atom stereocenters. The number of aromatic nitrogens is 2. The van der Waals surface area contributed by atoms with Crippen molar-refractivity contribution in [1.82, 2.24) is 10.2 Å². The molecule has 3 aromatic rings. The lowest BCUT2D eigenvalue weighted by Crippen LogP contribution is -2.07. The van der Waals surface area contributed by atoms with E-state index in [-0.39, 0.29) is 11.4 Å². The normalized spacial score (nSPS) is 11.6. The van der Waals surface area contributed by atoms with Crippen LogP contribution in [0.3, 0.4) is 0 Å². The quantitative estimate of drug-likeness (QED) is 0.703. The van der Waals surface area contributed by atoms with Gasteiger partial charge in [0.05, 0.1) is 5.69 Å². The van der Waals surface area contributed by atoms with Gasteiger partial charge in [0.2, 0.25) is 0 Å².